The molecule has 3 aromatic carbocycles. The van der Waals surface area contributed by atoms with Gasteiger partial charge in [0.05, 0.1) is 17.7 Å². The Morgan fingerprint density at radius 2 is 1.62 bits per heavy atom. The topological polar surface area (TPSA) is 110 Å². The highest BCUT2D eigenvalue weighted by Crippen LogP contribution is 2.32. The van der Waals surface area contributed by atoms with Gasteiger partial charge in [0.1, 0.15) is 5.75 Å². The van der Waals surface area contributed by atoms with E-state index < -0.39 is 10.0 Å². The predicted octanol–water partition coefficient (Wildman–Crippen LogP) is 3.34. The number of rotatable bonds is 6. The molecule has 0 bridgehead atoms. The number of H-pyrrole nitrogens is 1. The lowest BCUT2D eigenvalue weighted by molar-refractivity contribution is 0.417. The van der Waals surface area contributed by atoms with Gasteiger partial charge < -0.3 is 4.74 Å². The minimum atomic E-state index is -3.82. The Hall–Kier alpha value is -3.72. The van der Waals surface area contributed by atoms with Crippen LogP contribution in [0.4, 0.5) is 5.69 Å². The van der Waals surface area contributed by atoms with Gasteiger partial charge in [-0.1, -0.05) is 36.4 Å². The highest BCUT2D eigenvalue weighted by Gasteiger charge is 2.18. The quantitative estimate of drug-likeness (QED) is 0.507. The number of aromatic amines is 1. The third-order valence-electron chi connectivity index (χ3n) is 4.32. The molecule has 9 heteroatoms. The first-order valence-electron chi connectivity index (χ1n) is 8.67. The first-order valence-corrected chi connectivity index (χ1v) is 10.2. The van der Waals surface area contributed by atoms with Gasteiger partial charge in [0.2, 0.25) is 5.82 Å². The zero-order chi connectivity index (χ0) is 20.3. The van der Waals surface area contributed by atoms with Crippen LogP contribution >= 0.6 is 0 Å². The van der Waals surface area contributed by atoms with E-state index in [2.05, 4.69) is 25.3 Å². The Morgan fingerprint density at radius 3 is 2.28 bits per heavy atom. The van der Waals surface area contributed by atoms with E-state index in [0.717, 1.165) is 11.1 Å². The number of hydrogen-bond donors (Lipinski definition) is 2. The summed E-state index contributed by atoms with van der Waals surface area (Å²) in [6, 6.07) is 21.3. The molecular weight excluding hydrogens is 390 g/mol. The lowest BCUT2D eigenvalue weighted by atomic mass is 10.1. The fourth-order valence-electron chi connectivity index (χ4n) is 2.87. The number of hydrogen-bond acceptors (Lipinski definition) is 6. The summed E-state index contributed by atoms with van der Waals surface area (Å²) in [5.41, 5.74) is 2.86. The summed E-state index contributed by atoms with van der Waals surface area (Å²) in [4.78, 5) is 0.108. The minimum absolute atomic E-state index is 0.108. The van der Waals surface area contributed by atoms with Gasteiger partial charge in [0.25, 0.3) is 10.0 Å². The van der Waals surface area contributed by atoms with E-state index in [0.29, 0.717) is 22.8 Å². The van der Waals surface area contributed by atoms with E-state index in [9.17, 15) is 8.42 Å². The Labute approximate surface area is 167 Å². The van der Waals surface area contributed by atoms with Crippen LogP contribution in [0.1, 0.15) is 0 Å². The average Bonchev–Trinajstić information content (AvgIpc) is 3.29. The van der Waals surface area contributed by atoms with E-state index in [1.54, 1.807) is 24.3 Å². The first kappa shape index (κ1) is 18.6. The standard InChI is InChI=1S/C20H17N5O3S/c1-28-19-12-9-16(14-5-3-2-4-6-14)13-18(19)23-29(26,27)17-10-7-15(8-11-17)20-21-24-25-22-20/h2-13,23H,1H3,(H,21,22,24,25). The lowest BCUT2D eigenvalue weighted by Gasteiger charge is -2.14. The Bertz CT molecular complexity index is 1210. The minimum Gasteiger partial charge on any atom is -0.495 e. The average molecular weight is 407 g/mol. The van der Waals surface area contributed by atoms with Crippen molar-refractivity contribution >= 4 is 15.7 Å². The van der Waals surface area contributed by atoms with Crippen LogP contribution in [0.5, 0.6) is 5.75 Å². The summed E-state index contributed by atoms with van der Waals surface area (Å²) in [6.07, 6.45) is 0. The summed E-state index contributed by atoms with van der Waals surface area (Å²) in [6.45, 7) is 0. The molecule has 0 radical (unpaired) electrons. The molecular formula is C20H17N5O3S. The van der Waals surface area contributed by atoms with Crippen molar-refractivity contribution in [3.8, 4) is 28.3 Å². The van der Waals surface area contributed by atoms with Crippen molar-refractivity contribution in [1.82, 2.24) is 20.6 Å². The molecule has 146 valence electrons. The van der Waals surface area contributed by atoms with E-state index in [-0.39, 0.29) is 4.90 Å². The number of benzene rings is 3. The molecule has 0 fully saturated rings. The maximum absolute atomic E-state index is 12.9. The monoisotopic (exact) mass is 407 g/mol. The SMILES string of the molecule is COc1ccc(-c2ccccc2)cc1NS(=O)(=O)c1ccc(-c2nn[nH]n2)cc1. The smallest absolute Gasteiger partial charge is 0.262 e. The number of aromatic nitrogens is 4. The normalized spacial score (nSPS) is 11.2. The van der Waals surface area contributed by atoms with Crippen molar-refractivity contribution < 1.29 is 13.2 Å². The Morgan fingerprint density at radius 1 is 0.897 bits per heavy atom. The van der Waals surface area contributed by atoms with Gasteiger partial charge in [-0.05, 0) is 52.7 Å². The van der Waals surface area contributed by atoms with Crippen LogP contribution in [0.2, 0.25) is 0 Å². The third-order valence-corrected chi connectivity index (χ3v) is 5.70. The van der Waals surface area contributed by atoms with Gasteiger partial charge in [-0.3, -0.25) is 4.72 Å². The van der Waals surface area contributed by atoms with Gasteiger partial charge in [0, 0.05) is 5.56 Å². The molecule has 8 nitrogen and oxygen atoms in total. The molecule has 2 N–H and O–H groups in total. The molecule has 0 spiro atoms. The number of nitrogens with one attached hydrogen (secondary N) is 2. The summed E-state index contributed by atoms with van der Waals surface area (Å²) < 4.78 is 33.7. The van der Waals surface area contributed by atoms with Gasteiger partial charge in [-0.15, -0.1) is 10.2 Å². The van der Waals surface area contributed by atoms with Crippen molar-refractivity contribution in [3.05, 3.63) is 72.8 Å². The van der Waals surface area contributed by atoms with Crippen molar-refractivity contribution in [2.45, 2.75) is 4.90 Å². The summed E-state index contributed by atoms with van der Waals surface area (Å²) in [5, 5.41) is 13.6. The Balaban J connectivity index is 1.65. The molecule has 0 unspecified atom stereocenters. The van der Waals surface area contributed by atoms with Gasteiger partial charge in [-0.2, -0.15) is 5.21 Å². The molecule has 4 aromatic rings. The van der Waals surface area contributed by atoms with Crippen molar-refractivity contribution in [2.24, 2.45) is 0 Å². The molecule has 1 aromatic heterocycles. The molecule has 0 atom stereocenters. The van der Waals surface area contributed by atoms with Gasteiger partial charge in [0.15, 0.2) is 0 Å². The van der Waals surface area contributed by atoms with E-state index in [4.69, 9.17) is 4.74 Å². The first-order chi connectivity index (χ1) is 14.1. The molecule has 29 heavy (non-hydrogen) atoms. The number of ether oxygens (including phenoxy) is 1. The van der Waals surface area contributed by atoms with Crippen molar-refractivity contribution in [2.75, 3.05) is 11.8 Å². The number of anilines is 1. The van der Waals surface area contributed by atoms with Crippen LogP contribution in [-0.2, 0) is 10.0 Å². The number of nitrogens with zero attached hydrogens (tertiary/aromatic N) is 3. The number of sulfonamides is 1. The highest BCUT2D eigenvalue weighted by atomic mass is 32.2. The molecule has 0 aliphatic rings. The number of methoxy groups -OCH3 is 1. The second-order valence-corrected chi connectivity index (χ2v) is 7.83. The summed E-state index contributed by atoms with van der Waals surface area (Å²) in [5.74, 6) is 0.816. The van der Waals surface area contributed by atoms with Gasteiger partial charge in [-0.25, -0.2) is 8.42 Å². The van der Waals surface area contributed by atoms with E-state index in [1.165, 1.54) is 19.2 Å². The van der Waals surface area contributed by atoms with Crippen LogP contribution in [0.15, 0.2) is 77.7 Å². The molecule has 0 saturated heterocycles. The Kier molecular flexibility index (Phi) is 4.96. The van der Waals surface area contributed by atoms with Crippen molar-refractivity contribution in [3.63, 3.8) is 0 Å². The van der Waals surface area contributed by atoms with Crippen LogP contribution < -0.4 is 9.46 Å². The maximum Gasteiger partial charge on any atom is 0.262 e. The summed E-state index contributed by atoms with van der Waals surface area (Å²) in [7, 11) is -2.33. The fraction of sp³-hybridized carbons (Fsp3) is 0.0500. The largest absolute Gasteiger partial charge is 0.495 e. The fourth-order valence-corrected chi connectivity index (χ4v) is 3.93. The van der Waals surface area contributed by atoms with E-state index >= 15 is 0 Å². The van der Waals surface area contributed by atoms with Crippen LogP contribution in [0.25, 0.3) is 22.5 Å². The van der Waals surface area contributed by atoms with E-state index in [1.807, 2.05) is 36.4 Å². The van der Waals surface area contributed by atoms with Crippen LogP contribution in [0, 0.1) is 0 Å². The number of tetrazole rings is 1. The third kappa shape index (κ3) is 3.94. The van der Waals surface area contributed by atoms with Crippen LogP contribution in [0.3, 0.4) is 0 Å². The molecule has 1 heterocycles. The second kappa shape index (κ2) is 7.72. The molecule has 0 amide bonds. The lowest BCUT2D eigenvalue weighted by Crippen LogP contribution is -2.13. The predicted molar refractivity (Wildman–Crippen MR) is 109 cm³/mol. The molecule has 0 saturated carbocycles. The second-order valence-electron chi connectivity index (χ2n) is 6.15. The maximum atomic E-state index is 12.9. The zero-order valence-corrected chi connectivity index (χ0v) is 16.2. The summed E-state index contributed by atoms with van der Waals surface area (Å²) >= 11 is 0. The van der Waals surface area contributed by atoms with Crippen molar-refractivity contribution in [1.29, 1.82) is 0 Å². The van der Waals surface area contributed by atoms with Gasteiger partial charge >= 0.3 is 0 Å². The molecule has 0 aliphatic carbocycles. The van der Waals surface area contributed by atoms with Crippen LogP contribution in [-0.4, -0.2) is 36.2 Å². The molecule has 0 aliphatic heterocycles. The highest BCUT2D eigenvalue weighted by molar-refractivity contribution is 7.92. The molecule has 4 rings (SSSR count). The zero-order valence-electron chi connectivity index (χ0n) is 15.4.